The molecule has 2 amide bonds. The molecule has 20 heavy (non-hydrogen) atoms. The predicted molar refractivity (Wildman–Crippen MR) is 75.6 cm³/mol. The van der Waals surface area contributed by atoms with Gasteiger partial charge in [0.25, 0.3) is 0 Å². The highest BCUT2D eigenvalue weighted by molar-refractivity contribution is 5.83. The van der Waals surface area contributed by atoms with Crippen LogP contribution in [0.2, 0.25) is 0 Å². The summed E-state index contributed by atoms with van der Waals surface area (Å²) in [6, 6.07) is -1.11. The molecule has 1 fully saturated rings. The molecule has 1 rings (SSSR count). The van der Waals surface area contributed by atoms with E-state index < -0.39 is 17.4 Å². The number of urea groups is 1. The van der Waals surface area contributed by atoms with Gasteiger partial charge in [-0.25, -0.2) is 9.59 Å². The topological polar surface area (TPSA) is 78.9 Å². The molecule has 2 unspecified atom stereocenters. The lowest BCUT2D eigenvalue weighted by Crippen LogP contribution is -2.59. The molecule has 0 radical (unpaired) electrons. The Morgan fingerprint density at radius 1 is 1.50 bits per heavy atom. The van der Waals surface area contributed by atoms with Gasteiger partial charge in [0.2, 0.25) is 0 Å². The van der Waals surface area contributed by atoms with Crippen LogP contribution in [0.5, 0.6) is 0 Å². The maximum atomic E-state index is 12.3. The molecule has 1 heterocycles. The van der Waals surface area contributed by atoms with Crippen molar-refractivity contribution in [1.29, 1.82) is 0 Å². The third-order valence-electron chi connectivity index (χ3n) is 3.89. The monoisotopic (exact) mass is 286 g/mol. The number of carboxylic acid groups (broad SMARTS) is 1. The molecule has 6 nitrogen and oxygen atoms in total. The van der Waals surface area contributed by atoms with E-state index in [0.717, 1.165) is 12.8 Å². The van der Waals surface area contributed by atoms with Gasteiger partial charge in [-0.05, 0) is 31.6 Å². The van der Waals surface area contributed by atoms with E-state index in [4.69, 9.17) is 4.74 Å². The van der Waals surface area contributed by atoms with Crippen LogP contribution in [-0.2, 0) is 9.53 Å². The number of hydrogen-bond acceptors (Lipinski definition) is 3. The molecule has 116 valence electrons. The fraction of sp³-hybridized carbons (Fsp3) is 0.857. The normalized spacial score (nSPS) is 23.2. The van der Waals surface area contributed by atoms with E-state index in [9.17, 15) is 14.7 Å². The number of amides is 2. The van der Waals surface area contributed by atoms with E-state index in [0.29, 0.717) is 19.6 Å². The molecule has 0 aromatic carbocycles. The van der Waals surface area contributed by atoms with Gasteiger partial charge in [0.05, 0.1) is 0 Å². The van der Waals surface area contributed by atoms with Gasteiger partial charge >= 0.3 is 12.0 Å². The number of ether oxygens (including phenoxy) is 1. The van der Waals surface area contributed by atoms with Crippen molar-refractivity contribution in [2.24, 2.45) is 5.41 Å². The number of carbonyl (C=O) groups excluding carboxylic acids is 1. The van der Waals surface area contributed by atoms with Crippen LogP contribution < -0.4 is 5.32 Å². The lowest BCUT2D eigenvalue weighted by atomic mass is 9.76. The van der Waals surface area contributed by atoms with Crippen molar-refractivity contribution >= 4 is 12.0 Å². The van der Waals surface area contributed by atoms with Crippen LogP contribution in [0.3, 0.4) is 0 Å². The van der Waals surface area contributed by atoms with Gasteiger partial charge in [-0.1, -0.05) is 13.8 Å². The highest BCUT2D eigenvalue weighted by Gasteiger charge is 2.44. The minimum atomic E-state index is -0.936. The Labute approximate surface area is 120 Å². The Bertz CT molecular complexity index is 357. The molecular weight excluding hydrogens is 260 g/mol. The Hall–Kier alpha value is -1.30. The molecular formula is C14H26N2O4. The third kappa shape index (κ3) is 4.10. The first-order valence-electron chi connectivity index (χ1n) is 7.08. The minimum Gasteiger partial charge on any atom is -0.480 e. The number of carbonyl (C=O) groups is 2. The zero-order chi connectivity index (χ0) is 15.3. The number of methoxy groups -OCH3 is 1. The van der Waals surface area contributed by atoms with Crippen LogP contribution in [0.4, 0.5) is 4.79 Å². The highest BCUT2D eigenvalue weighted by Crippen LogP contribution is 2.35. The van der Waals surface area contributed by atoms with E-state index in [1.54, 1.807) is 7.11 Å². The van der Waals surface area contributed by atoms with Crippen LogP contribution in [0.1, 0.15) is 40.0 Å². The average molecular weight is 286 g/mol. The molecule has 6 heteroatoms. The van der Waals surface area contributed by atoms with Crippen LogP contribution in [-0.4, -0.2) is 54.4 Å². The van der Waals surface area contributed by atoms with Gasteiger partial charge in [-0.3, -0.25) is 0 Å². The van der Waals surface area contributed by atoms with Crippen molar-refractivity contribution in [2.75, 3.05) is 20.3 Å². The molecule has 1 saturated heterocycles. The minimum absolute atomic E-state index is 0.0399. The summed E-state index contributed by atoms with van der Waals surface area (Å²) in [7, 11) is 1.61. The fourth-order valence-corrected chi connectivity index (χ4v) is 2.74. The molecule has 0 aromatic heterocycles. The Morgan fingerprint density at radius 2 is 2.15 bits per heavy atom. The molecule has 1 aliphatic rings. The zero-order valence-electron chi connectivity index (χ0n) is 12.8. The molecule has 2 atom stereocenters. The summed E-state index contributed by atoms with van der Waals surface area (Å²) in [5, 5.41) is 12.3. The molecule has 2 N–H and O–H groups in total. The molecule has 0 spiro atoms. The number of hydrogen-bond donors (Lipinski definition) is 2. The molecule has 0 aliphatic carbocycles. The first-order valence-corrected chi connectivity index (χ1v) is 7.08. The quantitative estimate of drug-likeness (QED) is 0.806. The van der Waals surface area contributed by atoms with Crippen molar-refractivity contribution in [3.8, 4) is 0 Å². The Kier molecular flexibility index (Phi) is 5.80. The van der Waals surface area contributed by atoms with Gasteiger partial charge in [0.1, 0.15) is 6.04 Å². The summed E-state index contributed by atoms with van der Waals surface area (Å²) < 4.78 is 4.97. The number of nitrogens with zero attached hydrogens (tertiary/aromatic N) is 1. The Balaban J connectivity index is 2.71. The van der Waals surface area contributed by atoms with E-state index in [1.807, 2.05) is 20.8 Å². The average Bonchev–Trinajstić information content (AvgIpc) is 2.34. The summed E-state index contributed by atoms with van der Waals surface area (Å²) >= 11 is 0. The molecule has 0 saturated carbocycles. The second-order valence-electron chi connectivity index (χ2n) is 6.16. The third-order valence-corrected chi connectivity index (χ3v) is 3.89. The summed E-state index contributed by atoms with van der Waals surface area (Å²) in [5.41, 5.74) is -0.406. The number of aliphatic carboxylic acids is 1. The first-order chi connectivity index (χ1) is 9.29. The van der Waals surface area contributed by atoms with Crippen molar-refractivity contribution in [3.63, 3.8) is 0 Å². The van der Waals surface area contributed by atoms with Crippen molar-refractivity contribution in [3.05, 3.63) is 0 Å². The zero-order valence-corrected chi connectivity index (χ0v) is 12.8. The molecule has 1 aliphatic heterocycles. The first kappa shape index (κ1) is 16.8. The standard InChI is InChI=1S/C14H26N2O4/c1-10(6-9-20-4)15-13(19)16-8-5-7-14(2,3)11(16)12(17)18/h10-11H,5-9H2,1-4H3,(H,15,19)(H,17,18). The van der Waals surface area contributed by atoms with Crippen LogP contribution >= 0.6 is 0 Å². The van der Waals surface area contributed by atoms with Gasteiger partial charge in [-0.2, -0.15) is 0 Å². The summed E-state index contributed by atoms with van der Waals surface area (Å²) in [6.45, 7) is 6.75. The highest BCUT2D eigenvalue weighted by atomic mass is 16.5. The SMILES string of the molecule is COCCC(C)NC(=O)N1CCCC(C)(C)C1C(=O)O. The second-order valence-corrected chi connectivity index (χ2v) is 6.16. The summed E-state index contributed by atoms with van der Waals surface area (Å²) in [5.74, 6) is -0.936. The number of carboxylic acids is 1. The number of rotatable bonds is 5. The fourth-order valence-electron chi connectivity index (χ4n) is 2.74. The van der Waals surface area contributed by atoms with E-state index in [1.165, 1.54) is 4.90 Å². The van der Waals surface area contributed by atoms with Gasteiger partial charge in [0.15, 0.2) is 0 Å². The van der Waals surface area contributed by atoms with E-state index >= 15 is 0 Å². The van der Waals surface area contributed by atoms with Crippen molar-refractivity contribution in [2.45, 2.75) is 52.1 Å². The van der Waals surface area contributed by atoms with E-state index in [2.05, 4.69) is 5.32 Å². The maximum absolute atomic E-state index is 12.3. The van der Waals surface area contributed by atoms with Crippen LogP contribution in [0, 0.1) is 5.41 Å². The predicted octanol–water partition coefficient (Wildman–Crippen LogP) is 1.70. The number of nitrogens with one attached hydrogen (secondary N) is 1. The lowest BCUT2D eigenvalue weighted by Gasteiger charge is -2.44. The van der Waals surface area contributed by atoms with Gasteiger partial charge in [-0.15, -0.1) is 0 Å². The summed E-state index contributed by atoms with van der Waals surface area (Å²) in [4.78, 5) is 25.2. The molecule has 0 aromatic rings. The van der Waals surface area contributed by atoms with Crippen LogP contribution in [0.25, 0.3) is 0 Å². The number of piperidine rings is 1. The second kappa shape index (κ2) is 6.92. The summed E-state index contributed by atoms with van der Waals surface area (Å²) in [6.07, 6.45) is 2.35. The smallest absolute Gasteiger partial charge is 0.327 e. The van der Waals surface area contributed by atoms with Gasteiger partial charge in [0, 0.05) is 26.3 Å². The molecule has 0 bridgehead atoms. The van der Waals surface area contributed by atoms with Crippen LogP contribution in [0.15, 0.2) is 0 Å². The maximum Gasteiger partial charge on any atom is 0.327 e. The Morgan fingerprint density at radius 3 is 2.70 bits per heavy atom. The number of likely N-dealkylation sites (tertiary alicyclic amines) is 1. The van der Waals surface area contributed by atoms with E-state index in [-0.39, 0.29) is 12.1 Å². The van der Waals surface area contributed by atoms with Gasteiger partial charge < -0.3 is 20.1 Å². The largest absolute Gasteiger partial charge is 0.480 e. The van der Waals surface area contributed by atoms with Crippen molar-refractivity contribution < 1.29 is 19.4 Å². The lowest BCUT2D eigenvalue weighted by molar-refractivity contribution is -0.148. The van der Waals surface area contributed by atoms with Crippen molar-refractivity contribution in [1.82, 2.24) is 10.2 Å².